The van der Waals surface area contributed by atoms with Crippen LogP contribution >= 0.6 is 11.6 Å². The normalized spacial score (nSPS) is 10.2. The summed E-state index contributed by atoms with van der Waals surface area (Å²) in [6.45, 7) is 2.05. The third-order valence-corrected chi connectivity index (χ3v) is 2.71. The molecule has 0 bridgehead atoms. The molecule has 1 aromatic heterocycles. The summed E-state index contributed by atoms with van der Waals surface area (Å²) >= 11 is 5.71. The summed E-state index contributed by atoms with van der Waals surface area (Å²) in [5.41, 5.74) is 1.03. The van der Waals surface area contributed by atoms with Gasteiger partial charge in [0, 0.05) is 0 Å². The number of hydrogen-bond acceptors (Lipinski definition) is 4. The molecule has 0 aliphatic rings. The Balaban J connectivity index is 2.24. The number of halogens is 1. The second-order valence-electron chi connectivity index (χ2n) is 3.84. The van der Waals surface area contributed by atoms with Crippen molar-refractivity contribution in [2.24, 2.45) is 0 Å². The molecule has 0 radical (unpaired) electrons. The summed E-state index contributed by atoms with van der Waals surface area (Å²) in [5, 5.41) is 10.7. The standard InChI is InChI=1S/C13H11ClN2O3/c1-2-9-3-5-11(6-4-9)19-13-8-10(16(17)18)7-12(14)15-13/h3-8H,2H2,1H3. The summed E-state index contributed by atoms with van der Waals surface area (Å²) in [7, 11) is 0. The highest BCUT2D eigenvalue weighted by Gasteiger charge is 2.11. The highest BCUT2D eigenvalue weighted by Crippen LogP contribution is 2.26. The molecule has 2 aromatic rings. The van der Waals surface area contributed by atoms with Crippen LogP contribution in [0.25, 0.3) is 0 Å². The van der Waals surface area contributed by atoms with Crippen molar-refractivity contribution in [3.8, 4) is 11.6 Å². The molecule has 0 unspecified atom stereocenters. The van der Waals surface area contributed by atoms with Crippen molar-refractivity contribution in [2.75, 3.05) is 0 Å². The van der Waals surface area contributed by atoms with Gasteiger partial charge in [-0.25, -0.2) is 4.98 Å². The number of rotatable bonds is 4. The van der Waals surface area contributed by atoms with E-state index in [9.17, 15) is 10.1 Å². The van der Waals surface area contributed by atoms with Gasteiger partial charge in [-0.1, -0.05) is 30.7 Å². The molecule has 98 valence electrons. The number of pyridine rings is 1. The molecule has 1 aromatic carbocycles. The summed E-state index contributed by atoms with van der Waals surface area (Å²) in [6, 6.07) is 9.83. The van der Waals surface area contributed by atoms with Crippen LogP contribution in [-0.2, 0) is 6.42 Å². The van der Waals surface area contributed by atoms with E-state index in [4.69, 9.17) is 16.3 Å². The number of ether oxygens (including phenoxy) is 1. The number of nitro groups is 1. The van der Waals surface area contributed by atoms with Crippen molar-refractivity contribution in [2.45, 2.75) is 13.3 Å². The topological polar surface area (TPSA) is 65.3 Å². The van der Waals surface area contributed by atoms with E-state index in [0.717, 1.165) is 6.42 Å². The zero-order valence-corrected chi connectivity index (χ0v) is 10.9. The first-order chi connectivity index (χ1) is 9.08. The number of aryl methyl sites for hydroxylation is 1. The van der Waals surface area contributed by atoms with Crippen molar-refractivity contribution in [1.29, 1.82) is 0 Å². The van der Waals surface area contributed by atoms with Crippen LogP contribution in [0.2, 0.25) is 5.15 Å². The minimum Gasteiger partial charge on any atom is -0.439 e. The minimum atomic E-state index is -0.541. The monoisotopic (exact) mass is 278 g/mol. The lowest BCUT2D eigenvalue weighted by atomic mass is 10.2. The Morgan fingerprint density at radius 1 is 1.32 bits per heavy atom. The minimum absolute atomic E-state index is 0.0226. The Kier molecular flexibility index (Phi) is 3.97. The molecule has 0 saturated heterocycles. The second-order valence-corrected chi connectivity index (χ2v) is 4.23. The summed E-state index contributed by atoms with van der Waals surface area (Å²) in [6.07, 6.45) is 0.932. The molecule has 2 rings (SSSR count). The fraction of sp³-hybridized carbons (Fsp3) is 0.154. The first-order valence-electron chi connectivity index (χ1n) is 5.67. The van der Waals surface area contributed by atoms with Crippen LogP contribution in [-0.4, -0.2) is 9.91 Å². The number of aromatic nitrogens is 1. The van der Waals surface area contributed by atoms with Crippen LogP contribution < -0.4 is 4.74 Å². The molecule has 0 amide bonds. The first-order valence-corrected chi connectivity index (χ1v) is 6.05. The van der Waals surface area contributed by atoms with Gasteiger partial charge in [-0.05, 0) is 24.1 Å². The molecule has 0 aliphatic carbocycles. The fourth-order valence-electron chi connectivity index (χ4n) is 1.53. The predicted octanol–water partition coefficient (Wildman–Crippen LogP) is 4.00. The van der Waals surface area contributed by atoms with E-state index in [1.807, 2.05) is 12.1 Å². The van der Waals surface area contributed by atoms with Crippen LogP contribution in [0.5, 0.6) is 11.6 Å². The van der Waals surface area contributed by atoms with Gasteiger partial charge in [-0.15, -0.1) is 0 Å². The van der Waals surface area contributed by atoms with Crippen LogP contribution in [0.15, 0.2) is 36.4 Å². The van der Waals surface area contributed by atoms with E-state index in [-0.39, 0.29) is 16.7 Å². The first kappa shape index (κ1) is 13.3. The molecular weight excluding hydrogens is 268 g/mol. The quantitative estimate of drug-likeness (QED) is 0.482. The fourth-order valence-corrected chi connectivity index (χ4v) is 1.73. The molecule has 5 nitrogen and oxygen atoms in total. The summed E-state index contributed by atoms with van der Waals surface area (Å²) in [4.78, 5) is 14.1. The van der Waals surface area contributed by atoms with E-state index in [2.05, 4.69) is 11.9 Å². The van der Waals surface area contributed by atoms with E-state index >= 15 is 0 Å². The van der Waals surface area contributed by atoms with Crippen LogP contribution in [0, 0.1) is 10.1 Å². The average Bonchev–Trinajstić information content (AvgIpc) is 2.39. The maximum absolute atomic E-state index is 10.7. The van der Waals surface area contributed by atoms with Gasteiger partial charge in [0.1, 0.15) is 10.9 Å². The second kappa shape index (κ2) is 5.67. The molecule has 0 fully saturated rings. The molecule has 0 N–H and O–H groups in total. The Bertz CT molecular complexity index is 599. The summed E-state index contributed by atoms with van der Waals surface area (Å²) in [5.74, 6) is 0.657. The number of hydrogen-bond donors (Lipinski definition) is 0. The Morgan fingerprint density at radius 3 is 2.58 bits per heavy atom. The molecule has 1 heterocycles. The van der Waals surface area contributed by atoms with Crippen molar-refractivity contribution < 1.29 is 9.66 Å². The molecule has 6 heteroatoms. The molecule has 0 aliphatic heterocycles. The van der Waals surface area contributed by atoms with Gasteiger partial charge >= 0.3 is 0 Å². The van der Waals surface area contributed by atoms with Gasteiger partial charge in [-0.3, -0.25) is 10.1 Å². The number of benzene rings is 1. The van der Waals surface area contributed by atoms with E-state index in [0.29, 0.717) is 5.75 Å². The predicted molar refractivity (Wildman–Crippen MR) is 71.8 cm³/mol. The lowest BCUT2D eigenvalue weighted by Crippen LogP contribution is -1.93. The third-order valence-electron chi connectivity index (χ3n) is 2.52. The van der Waals surface area contributed by atoms with E-state index in [1.54, 1.807) is 12.1 Å². The summed E-state index contributed by atoms with van der Waals surface area (Å²) < 4.78 is 5.45. The van der Waals surface area contributed by atoms with Crippen LogP contribution in [0.4, 0.5) is 5.69 Å². The van der Waals surface area contributed by atoms with Crippen LogP contribution in [0.1, 0.15) is 12.5 Å². The van der Waals surface area contributed by atoms with Crippen molar-refractivity contribution >= 4 is 17.3 Å². The zero-order chi connectivity index (χ0) is 13.8. The largest absolute Gasteiger partial charge is 0.439 e. The van der Waals surface area contributed by atoms with Crippen molar-refractivity contribution in [3.63, 3.8) is 0 Å². The van der Waals surface area contributed by atoms with Gasteiger partial charge in [0.15, 0.2) is 0 Å². The lowest BCUT2D eigenvalue weighted by Gasteiger charge is -2.05. The van der Waals surface area contributed by atoms with Gasteiger partial charge < -0.3 is 4.74 Å². The highest BCUT2D eigenvalue weighted by molar-refractivity contribution is 6.29. The Labute approximate surface area is 115 Å². The van der Waals surface area contributed by atoms with Gasteiger partial charge in [0.2, 0.25) is 5.88 Å². The van der Waals surface area contributed by atoms with E-state index in [1.165, 1.54) is 17.7 Å². The van der Waals surface area contributed by atoms with E-state index < -0.39 is 4.92 Å². The van der Waals surface area contributed by atoms with Crippen molar-refractivity contribution in [1.82, 2.24) is 4.98 Å². The number of nitrogens with zero attached hydrogens (tertiary/aromatic N) is 2. The molecule has 0 atom stereocenters. The van der Waals surface area contributed by atoms with Crippen LogP contribution in [0.3, 0.4) is 0 Å². The third kappa shape index (κ3) is 3.42. The molecule has 19 heavy (non-hydrogen) atoms. The highest BCUT2D eigenvalue weighted by atomic mass is 35.5. The maximum atomic E-state index is 10.7. The Morgan fingerprint density at radius 2 is 2.00 bits per heavy atom. The lowest BCUT2D eigenvalue weighted by molar-refractivity contribution is -0.385. The van der Waals surface area contributed by atoms with Gasteiger partial charge in [0.25, 0.3) is 5.69 Å². The average molecular weight is 279 g/mol. The van der Waals surface area contributed by atoms with Crippen molar-refractivity contribution in [3.05, 3.63) is 57.2 Å². The molecule has 0 saturated carbocycles. The Hall–Kier alpha value is -2.14. The molecular formula is C13H11ClN2O3. The zero-order valence-electron chi connectivity index (χ0n) is 10.2. The molecule has 0 spiro atoms. The van der Waals surface area contributed by atoms with Gasteiger partial charge in [0.05, 0.1) is 17.1 Å². The van der Waals surface area contributed by atoms with Gasteiger partial charge in [-0.2, -0.15) is 0 Å². The SMILES string of the molecule is CCc1ccc(Oc2cc([N+](=O)[O-])cc(Cl)n2)cc1. The smallest absolute Gasteiger partial charge is 0.277 e. The maximum Gasteiger partial charge on any atom is 0.277 e.